The molecule has 1 aromatic heterocycles. The van der Waals surface area contributed by atoms with Crippen LogP contribution in [0.1, 0.15) is 12.8 Å². The lowest BCUT2D eigenvalue weighted by Gasteiger charge is -2.20. The van der Waals surface area contributed by atoms with E-state index < -0.39 is 0 Å². The monoisotopic (exact) mass is 312 g/mol. The molecule has 0 unspecified atom stereocenters. The van der Waals surface area contributed by atoms with Gasteiger partial charge in [0, 0.05) is 24.5 Å². The number of thiazole rings is 1. The fourth-order valence-electron chi connectivity index (χ4n) is 2.88. The van der Waals surface area contributed by atoms with Crippen LogP contribution in [0.5, 0.6) is 0 Å². The fourth-order valence-corrected chi connectivity index (χ4v) is 3.77. The first-order valence-corrected chi connectivity index (χ1v) is 8.30. The predicted octanol–water partition coefficient (Wildman–Crippen LogP) is 3.81. The zero-order valence-electron chi connectivity index (χ0n) is 12.0. The van der Waals surface area contributed by atoms with Gasteiger partial charge in [-0.05, 0) is 24.3 Å². The van der Waals surface area contributed by atoms with E-state index in [1.165, 1.54) is 16.7 Å². The van der Waals surface area contributed by atoms with Gasteiger partial charge in [0.25, 0.3) is 0 Å². The molecule has 1 N–H and O–H groups in total. The topological polar surface area (TPSA) is 51.2 Å². The zero-order valence-corrected chi connectivity index (χ0v) is 12.9. The van der Waals surface area contributed by atoms with Crippen molar-refractivity contribution in [2.45, 2.75) is 12.8 Å². The molecule has 5 heteroatoms. The van der Waals surface area contributed by atoms with Crippen LogP contribution in [0.4, 0.5) is 5.13 Å². The van der Waals surface area contributed by atoms with Crippen molar-refractivity contribution >= 4 is 43.4 Å². The number of hydrogen-bond acceptors (Lipinski definition) is 4. The Morgan fingerprint density at radius 3 is 2.86 bits per heavy atom. The number of aromatic nitrogens is 1. The number of nitrogens with one attached hydrogen (secondary N) is 1. The molecule has 1 saturated heterocycles. The molecule has 0 atom stereocenters. The summed E-state index contributed by atoms with van der Waals surface area (Å²) >= 11 is 1.53. The summed E-state index contributed by atoms with van der Waals surface area (Å²) < 4.78 is 6.40. The van der Waals surface area contributed by atoms with Crippen LogP contribution in [0.25, 0.3) is 21.0 Å². The standard InChI is InChI=1S/C17H16N2O2S/c20-16(12-7-9-21-10-8-12)19-17-18-15-13-4-2-1-3-11(13)5-6-14(15)22-17/h1-6,12H,7-10H2,(H,18,19,20). The van der Waals surface area contributed by atoms with E-state index in [4.69, 9.17) is 4.74 Å². The molecule has 1 amide bonds. The minimum absolute atomic E-state index is 0.0394. The summed E-state index contributed by atoms with van der Waals surface area (Å²) in [7, 11) is 0. The van der Waals surface area contributed by atoms with E-state index in [0.717, 1.165) is 28.4 Å². The van der Waals surface area contributed by atoms with Crippen LogP contribution >= 0.6 is 11.3 Å². The lowest BCUT2D eigenvalue weighted by atomic mass is 10.00. The van der Waals surface area contributed by atoms with Gasteiger partial charge in [-0.3, -0.25) is 4.79 Å². The van der Waals surface area contributed by atoms with E-state index in [0.29, 0.717) is 18.3 Å². The number of benzene rings is 2. The van der Waals surface area contributed by atoms with Crippen molar-refractivity contribution < 1.29 is 9.53 Å². The first-order valence-electron chi connectivity index (χ1n) is 7.48. The Bertz CT molecular complexity index is 837. The number of hydrogen-bond donors (Lipinski definition) is 1. The average Bonchev–Trinajstić information content (AvgIpc) is 2.98. The van der Waals surface area contributed by atoms with Gasteiger partial charge >= 0.3 is 0 Å². The maximum Gasteiger partial charge on any atom is 0.229 e. The first-order chi connectivity index (χ1) is 10.8. The number of rotatable bonds is 2. The molecule has 0 spiro atoms. The number of carbonyl (C=O) groups excluding carboxylic acids is 1. The summed E-state index contributed by atoms with van der Waals surface area (Å²) in [6, 6.07) is 12.4. The molecule has 112 valence electrons. The third-order valence-electron chi connectivity index (χ3n) is 4.11. The lowest BCUT2D eigenvalue weighted by Crippen LogP contribution is -2.28. The van der Waals surface area contributed by atoms with E-state index in [9.17, 15) is 4.79 Å². The van der Waals surface area contributed by atoms with Crippen molar-refractivity contribution in [2.24, 2.45) is 5.92 Å². The van der Waals surface area contributed by atoms with E-state index in [1.54, 1.807) is 0 Å². The van der Waals surface area contributed by atoms with Crippen molar-refractivity contribution in [1.29, 1.82) is 0 Å². The molecule has 1 fully saturated rings. The number of nitrogens with zero attached hydrogens (tertiary/aromatic N) is 1. The van der Waals surface area contributed by atoms with Crippen molar-refractivity contribution in [3.8, 4) is 0 Å². The molecule has 1 aliphatic heterocycles. The molecule has 1 aliphatic rings. The highest BCUT2D eigenvalue weighted by Crippen LogP contribution is 2.32. The molecule has 0 saturated carbocycles. The van der Waals surface area contributed by atoms with Crippen LogP contribution in [0.15, 0.2) is 36.4 Å². The second kappa shape index (κ2) is 5.66. The summed E-state index contributed by atoms with van der Waals surface area (Å²) in [6.07, 6.45) is 1.58. The number of fused-ring (bicyclic) bond motifs is 3. The van der Waals surface area contributed by atoms with Crippen molar-refractivity contribution in [1.82, 2.24) is 4.98 Å². The molecule has 2 aromatic carbocycles. The summed E-state index contributed by atoms with van der Waals surface area (Å²) in [5.41, 5.74) is 0.963. The first kappa shape index (κ1) is 13.7. The maximum atomic E-state index is 12.3. The molecule has 22 heavy (non-hydrogen) atoms. The normalized spacial score (nSPS) is 16.2. The molecule has 4 rings (SSSR count). The number of amides is 1. The van der Waals surface area contributed by atoms with E-state index in [2.05, 4.69) is 34.6 Å². The maximum absolute atomic E-state index is 12.3. The molecule has 3 aromatic rings. The van der Waals surface area contributed by atoms with Crippen LogP contribution < -0.4 is 5.32 Å². The molecule has 2 heterocycles. The van der Waals surface area contributed by atoms with Gasteiger partial charge < -0.3 is 10.1 Å². The number of carbonyl (C=O) groups is 1. The Balaban J connectivity index is 1.65. The molecule has 0 radical (unpaired) electrons. The minimum Gasteiger partial charge on any atom is -0.381 e. The van der Waals surface area contributed by atoms with Crippen molar-refractivity contribution in [3.05, 3.63) is 36.4 Å². The van der Waals surface area contributed by atoms with Gasteiger partial charge in [0.1, 0.15) is 0 Å². The van der Waals surface area contributed by atoms with E-state index in [-0.39, 0.29) is 11.8 Å². The van der Waals surface area contributed by atoms with Crippen LogP contribution in [-0.2, 0) is 9.53 Å². The Morgan fingerprint density at radius 1 is 1.18 bits per heavy atom. The van der Waals surface area contributed by atoms with Crippen molar-refractivity contribution in [3.63, 3.8) is 0 Å². The molecular formula is C17H16N2O2S. The van der Waals surface area contributed by atoms with Gasteiger partial charge in [-0.25, -0.2) is 4.98 Å². The second-order valence-electron chi connectivity index (χ2n) is 5.53. The average molecular weight is 312 g/mol. The van der Waals surface area contributed by atoms with Gasteiger partial charge in [-0.1, -0.05) is 41.7 Å². The highest BCUT2D eigenvalue weighted by Gasteiger charge is 2.22. The Kier molecular flexibility index (Phi) is 3.52. The van der Waals surface area contributed by atoms with Gasteiger partial charge in [0.05, 0.1) is 10.2 Å². The highest BCUT2D eigenvalue weighted by atomic mass is 32.1. The smallest absolute Gasteiger partial charge is 0.229 e. The zero-order chi connectivity index (χ0) is 14.9. The van der Waals surface area contributed by atoms with Crippen LogP contribution in [0, 0.1) is 5.92 Å². The molecule has 4 nitrogen and oxygen atoms in total. The molecular weight excluding hydrogens is 296 g/mol. The van der Waals surface area contributed by atoms with Crippen molar-refractivity contribution in [2.75, 3.05) is 18.5 Å². The Hall–Kier alpha value is -1.98. The summed E-state index contributed by atoms with van der Waals surface area (Å²) in [4.78, 5) is 16.9. The van der Waals surface area contributed by atoms with Crippen LogP contribution in [-0.4, -0.2) is 24.1 Å². The summed E-state index contributed by atoms with van der Waals surface area (Å²) in [5.74, 6) is 0.101. The minimum atomic E-state index is 0.0394. The van der Waals surface area contributed by atoms with Gasteiger partial charge in [-0.2, -0.15) is 0 Å². The lowest BCUT2D eigenvalue weighted by molar-refractivity contribution is -0.122. The van der Waals surface area contributed by atoms with Crippen LogP contribution in [0.3, 0.4) is 0 Å². The largest absolute Gasteiger partial charge is 0.381 e. The number of anilines is 1. The van der Waals surface area contributed by atoms with E-state index in [1.807, 2.05) is 12.1 Å². The predicted molar refractivity (Wildman–Crippen MR) is 89.3 cm³/mol. The third kappa shape index (κ3) is 2.46. The van der Waals surface area contributed by atoms with Gasteiger partial charge in [0.15, 0.2) is 5.13 Å². The summed E-state index contributed by atoms with van der Waals surface area (Å²) in [5, 5.41) is 5.96. The summed E-state index contributed by atoms with van der Waals surface area (Å²) in [6.45, 7) is 1.34. The Morgan fingerprint density at radius 2 is 2.00 bits per heavy atom. The molecule has 0 aliphatic carbocycles. The fraction of sp³-hybridized carbons (Fsp3) is 0.294. The van der Waals surface area contributed by atoms with Gasteiger partial charge in [0.2, 0.25) is 5.91 Å². The number of ether oxygens (including phenoxy) is 1. The third-order valence-corrected chi connectivity index (χ3v) is 5.04. The Labute approximate surface area is 132 Å². The van der Waals surface area contributed by atoms with Crippen LogP contribution in [0.2, 0.25) is 0 Å². The SMILES string of the molecule is O=C(Nc1nc2c(ccc3ccccc32)s1)C1CCOCC1. The molecule has 0 bridgehead atoms. The second-order valence-corrected chi connectivity index (χ2v) is 6.56. The highest BCUT2D eigenvalue weighted by molar-refractivity contribution is 7.22. The van der Waals surface area contributed by atoms with Gasteiger partial charge in [-0.15, -0.1) is 0 Å². The quantitative estimate of drug-likeness (QED) is 0.782. The van der Waals surface area contributed by atoms with E-state index >= 15 is 0 Å².